The number of nitrogens with zero attached hydrogens (tertiary/aromatic N) is 1. The first-order valence-corrected chi connectivity index (χ1v) is 6.40. The molecule has 1 fully saturated rings. The molecule has 1 aliphatic rings. The Morgan fingerprint density at radius 3 is 2.64 bits per heavy atom. The molecule has 0 aromatic heterocycles. The van der Waals surface area contributed by atoms with Crippen molar-refractivity contribution in [2.45, 2.75) is 32.2 Å². The van der Waals surface area contributed by atoms with Crippen molar-refractivity contribution in [2.24, 2.45) is 5.73 Å². The van der Waals surface area contributed by atoms with E-state index in [-0.39, 0.29) is 24.2 Å². The molecular formula is C8H19ClN2O2S. The van der Waals surface area contributed by atoms with Crippen LogP contribution in [-0.4, -0.2) is 37.6 Å². The fourth-order valence-electron chi connectivity index (χ4n) is 1.61. The molecule has 0 aliphatic carbocycles. The zero-order chi connectivity index (χ0) is 9.90. The zero-order valence-corrected chi connectivity index (χ0v) is 10.1. The van der Waals surface area contributed by atoms with Gasteiger partial charge in [-0.25, -0.2) is 12.7 Å². The van der Waals surface area contributed by atoms with Gasteiger partial charge in [0.05, 0.1) is 5.75 Å². The molecule has 1 heterocycles. The quantitative estimate of drug-likeness (QED) is 0.787. The van der Waals surface area contributed by atoms with Crippen molar-refractivity contribution in [3.63, 3.8) is 0 Å². The van der Waals surface area contributed by atoms with Gasteiger partial charge in [0.15, 0.2) is 0 Å². The maximum absolute atomic E-state index is 11.6. The van der Waals surface area contributed by atoms with E-state index in [0.29, 0.717) is 19.5 Å². The summed E-state index contributed by atoms with van der Waals surface area (Å²) in [7, 11) is -3.01. The summed E-state index contributed by atoms with van der Waals surface area (Å²) in [4.78, 5) is 0. The van der Waals surface area contributed by atoms with Gasteiger partial charge in [0.1, 0.15) is 0 Å². The number of piperidine rings is 1. The Morgan fingerprint density at radius 2 is 2.14 bits per heavy atom. The maximum atomic E-state index is 11.6. The molecule has 1 saturated heterocycles. The Balaban J connectivity index is 0.00000169. The van der Waals surface area contributed by atoms with Crippen LogP contribution < -0.4 is 5.73 Å². The van der Waals surface area contributed by atoms with E-state index in [1.807, 2.05) is 6.92 Å². The van der Waals surface area contributed by atoms with E-state index in [9.17, 15) is 8.42 Å². The van der Waals surface area contributed by atoms with Crippen LogP contribution in [0.25, 0.3) is 0 Å². The molecule has 0 aromatic carbocycles. The maximum Gasteiger partial charge on any atom is 0.214 e. The lowest BCUT2D eigenvalue weighted by Crippen LogP contribution is -2.46. The van der Waals surface area contributed by atoms with Gasteiger partial charge in [-0.1, -0.05) is 6.92 Å². The monoisotopic (exact) mass is 242 g/mol. The lowest BCUT2D eigenvalue weighted by atomic mass is 10.1. The van der Waals surface area contributed by atoms with E-state index >= 15 is 0 Å². The molecule has 0 amide bonds. The van der Waals surface area contributed by atoms with Crippen LogP contribution in [0.15, 0.2) is 0 Å². The summed E-state index contributed by atoms with van der Waals surface area (Å²) in [5.74, 6) is 0.250. The van der Waals surface area contributed by atoms with Crippen LogP contribution in [0.4, 0.5) is 0 Å². The summed E-state index contributed by atoms with van der Waals surface area (Å²) in [6.07, 6.45) is 2.51. The number of sulfonamides is 1. The van der Waals surface area contributed by atoms with E-state index in [0.717, 1.165) is 12.8 Å². The first-order valence-electron chi connectivity index (χ1n) is 4.79. The summed E-state index contributed by atoms with van der Waals surface area (Å²) in [6, 6.07) is 0.0281. The van der Waals surface area contributed by atoms with Gasteiger partial charge in [0.25, 0.3) is 0 Å². The third-order valence-electron chi connectivity index (χ3n) is 2.28. The molecule has 14 heavy (non-hydrogen) atoms. The molecule has 1 aliphatic heterocycles. The molecule has 2 N–H and O–H groups in total. The van der Waals surface area contributed by atoms with Crippen LogP contribution in [0.5, 0.6) is 0 Å². The standard InChI is InChI=1S/C8H18N2O2S.ClH/c1-2-6-13(11,12)10-5-3-4-8(9)7-10;/h8H,2-7,9H2,1H3;1H. The van der Waals surface area contributed by atoms with Crippen molar-refractivity contribution >= 4 is 22.4 Å². The third-order valence-corrected chi connectivity index (χ3v) is 4.32. The second kappa shape index (κ2) is 5.90. The Kier molecular flexibility index (Phi) is 5.97. The first-order chi connectivity index (χ1) is 6.06. The summed E-state index contributed by atoms with van der Waals surface area (Å²) >= 11 is 0. The molecule has 1 unspecified atom stereocenters. The number of nitrogens with two attached hydrogens (primary N) is 1. The van der Waals surface area contributed by atoms with Crippen molar-refractivity contribution < 1.29 is 8.42 Å². The van der Waals surface area contributed by atoms with Gasteiger partial charge in [-0.2, -0.15) is 0 Å². The summed E-state index contributed by atoms with van der Waals surface area (Å²) in [5, 5.41) is 0. The Morgan fingerprint density at radius 1 is 1.50 bits per heavy atom. The molecule has 0 radical (unpaired) electrons. The molecule has 0 spiro atoms. The highest BCUT2D eigenvalue weighted by Gasteiger charge is 2.26. The molecular weight excluding hydrogens is 224 g/mol. The minimum absolute atomic E-state index is 0. The molecule has 0 saturated carbocycles. The van der Waals surface area contributed by atoms with Gasteiger partial charge in [0, 0.05) is 19.1 Å². The van der Waals surface area contributed by atoms with E-state index in [1.54, 1.807) is 0 Å². The van der Waals surface area contributed by atoms with Crippen molar-refractivity contribution in [2.75, 3.05) is 18.8 Å². The lowest BCUT2D eigenvalue weighted by molar-refractivity contribution is 0.316. The van der Waals surface area contributed by atoms with E-state index in [4.69, 9.17) is 5.73 Å². The average molecular weight is 243 g/mol. The minimum Gasteiger partial charge on any atom is -0.327 e. The number of hydrogen-bond acceptors (Lipinski definition) is 3. The molecule has 0 bridgehead atoms. The number of hydrogen-bond donors (Lipinski definition) is 1. The Labute approximate surface area is 92.3 Å². The second-order valence-corrected chi connectivity index (χ2v) is 5.66. The van der Waals surface area contributed by atoms with Crippen LogP contribution in [0.2, 0.25) is 0 Å². The van der Waals surface area contributed by atoms with Crippen LogP contribution >= 0.6 is 12.4 Å². The second-order valence-electron chi connectivity index (χ2n) is 3.58. The van der Waals surface area contributed by atoms with Crippen molar-refractivity contribution in [3.8, 4) is 0 Å². The average Bonchev–Trinajstić information content (AvgIpc) is 2.04. The predicted octanol–water partition coefficient (Wildman–Crippen LogP) is 0.571. The van der Waals surface area contributed by atoms with Crippen molar-refractivity contribution in [1.82, 2.24) is 4.31 Å². The predicted molar refractivity (Wildman–Crippen MR) is 60.1 cm³/mol. The molecule has 1 rings (SSSR count). The third kappa shape index (κ3) is 3.73. The first kappa shape index (κ1) is 14.2. The minimum atomic E-state index is -3.01. The molecule has 86 valence electrons. The van der Waals surface area contributed by atoms with Crippen LogP contribution in [0.1, 0.15) is 26.2 Å². The fourth-order valence-corrected chi connectivity index (χ4v) is 3.21. The highest BCUT2D eigenvalue weighted by molar-refractivity contribution is 7.89. The normalized spacial score (nSPS) is 24.3. The van der Waals surface area contributed by atoms with Crippen LogP contribution in [0, 0.1) is 0 Å². The highest BCUT2D eigenvalue weighted by atomic mass is 35.5. The Bertz CT molecular complexity index is 256. The number of halogens is 1. The summed E-state index contributed by atoms with van der Waals surface area (Å²) < 4.78 is 24.7. The zero-order valence-electron chi connectivity index (χ0n) is 8.48. The largest absolute Gasteiger partial charge is 0.327 e. The van der Waals surface area contributed by atoms with Crippen LogP contribution in [0.3, 0.4) is 0 Å². The van der Waals surface area contributed by atoms with Gasteiger partial charge >= 0.3 is 0 Å². The van der Waals surface area contributed by atoms with Gasteiger partial charge in [-0.15, -0.1) is 12.4 Å². The highest BCUT2D eigenvalue weighted by Crippen LogP contribution is 2.13. The number of rotatable bonds is 3. The van der Waals surface area contributed by atoms with Crippen LogP contribution in [-0.2, 0) is 10.0 Å². The van der Waals surface area contributed by atoms with Gasteiger partial charge in [-0.3, -0.25) is 0 Å². The molecule has 6 heteroatoms. The lowest BCUT2D eigenvalue weighted by Gasteiger charge is -2.29. The van der Waals surface area contributed by atoms with Gasteiger partial charge in [-0.05, 0) is 19.3 Å². The summed E-state index contributed by atoms with van der Waals surface area (Å²) in [5.41, 5.74) is 5.71. The molecule has 0 aromatic rings. The van der Waals surface area contributed by atoms with E-state index in [1.165, 1.54) is 4.31 Å². The topological polar surface area (TPSA) is 63.4 Å². The van der Waals surface area contributed by atoms with Crippen molar-refractivity contribution in [1.29, 1.82) is 0 Å². The van der Waals surface area contributed by atoms with Gasteiger partial charge in [0.2, 0.25) is 10.0 Å². The fraction of sp³-hybridized carbons (Fsp3) is 1.00. The summed E-state index contributed by atoms with van der Waals surface area (Å²) in [6.45, 7) is 3.03. The smallest absolute Gasteiger partial charge is 0.214 e. The molecule has 1 atom stereocenters. The SMILES string of the molecule is CCCS(=O)(=O)N1CCCC(N)C1.Cl. The van der Waals surface area contributed by atoms with Crippen molar-refractivity contribution in [3.05, 3.63) is 0 Å². The molecule has 4 nitrogen and oxygen atoms in total. The Hall–Kier alpha value is 0.160. The van der Waals surface area contributed by atoms with E-state index in [2.05, 4.69) is 0 Å². The van der Waals surface area contributed by atoms with E-state index < -0.39 is 10.0 Å². The van der Waals surface area contributed by atoms with Gasteiger partial charge < -0.3 is 5.73 Å².